The number of ether oxygens (including phenoxy) is 1. The van der Waals surface area contributed by atoms with E-state index in [1.807, 2.05) is 0 Å². The highest BCUT2D eigenvalue weighted by molar-refractivity contribution is 5.72. The van der Waals surface area contributed by atoms with Gasteiger partial charge in [0.05, 0.1) is 12.7 Å². The molecule has 0 N–H and O–H groups in total. The van der Waals surface area contributed by atoms with Crippen LogP contribution in [0.4, 0.5) is 4.39 Å². The highest BCUT2D eigenvalue weighted by atomic mass is 19.1. The molecule has 0 radical (unpaired) electrons. The monoisotopic (exact) mass is 396 g/mol. The van der Waals surface area contributed by atoms with Crippen LogP contribution in [-0.2, 0) is 18.3 Å². The van der Waals surface area contributed by atoms with Crippen molar-refractivity contribution in [2.24, 2.45) is 7.05 Å². The molecule has 3 aromatic heterocycles. The lowest BCUT2D eigenvalue weighted by Gasteiger charge is -2.08. The highest BCUT2D eigenvalue weighted by Crippen LogP contribution is 2.37. The summed E-state index contributed by atoms with van der Waals surface area (Å²) in [5, 5.41) is 11.9. The van der Waals surface area contributed by atoms with Gasteiger partial charge in [0.15, 0.2) is 11.3 Å². The van der Waals surface area contributed by atoms with E-state index < -0.39 is 0 Å². The Labute approximate surface area is 163 Å². The third-order valence-corrected chi connectivity index (χ3v) is 5.12. The summed E-state index contributed by atoms with van der Waals surface area (Å²) in [4.78, 5) is 17.1. The van der Waals surface area contributed by atoms with E-state index in [4.69, 9.17) is 9.26 Å². The molecule has 29 heavy (non-hydrogen) atoms. The van der Waals surface area contributed by atoms with Gasteiger partial charge in [0.1, 0.15) is 17.9 Å². The van der Waals surface area contributed by atoms with Crippen molar-refractivity contribution < 1.29 is 13.7 Å². The van der Waals surface area contributed by atoms with Crippen molar-refractivity contribution in [3.05, 3.63) is 70.0 Å². The minimum absolute atomic E-state index is 0.0250. The Morgan fingerprint density at radius 3 is 2.90 bits per heavy atom. The number of nitrogens with zero attached hydrogens (tertiary/aromatic N) is 6. The maximum atomic E-state index is 13.1. The van der Waals surface area contributed by atoms with Crippen molar-refractivity contribution >= 4 is 11.0 Å². The second-order valence-corrected chi connectivity index (χ2v) is 7.05. The molecule has 0 aliphatic carbocycles. The summed E-state index contributed by atoms with van der Waals surface area (Å²) >= 11 is 0. The molecule has 5 rings (SSSR count). The van der Waals surface area contributed by atoms with Crippen LogP contribution in [0.2, 0.25) is 0 Å². The second-order valence-electron chi connectivity index (χ2n) is 7.05. The number of halogens is 1. The van der Waals surface area contributed by atoms with Gasteiger partial charge in [-0.15, -0.1) is 5.10 Å². The maximum Gasteiger partial charge on any atom is 0.278 e. The summed E-state index contributed by atoms with van der Waals surface area (Å²) in [5.74, 6) is 0.576. The fourth-order valence-corrected chi connectivity index (χ4v) is 3.58. The number of rotatable bonds is 4. The SMILES string of the molecule is Cn1nnc2ccn(Cc3nc(C4COC(c5ccc(F)cc5)C4)no3)c(=O)c21. The van der Waals surface area contributed by atoms with E-state index in [1.165, 1.54) is 21.4 Å². The third kappa shape index (κ3) is 3.21. The maximum absolute atomic E-state index is 13.1. The van der Waals surface area contributed by atoms with Crippen LogP contribution in [0.15, 0.2) is 45.8 Å². The van der Waals surface area contributed by atoms with Crippen LogP contribution in [0, 0.1) is 5.82 Å². The minimum atomic E-state index is -0.276. The number of pyridine rings is 1. The van der Waals surface area contributed by atoms with Gasteiger partial charge in [-0.2, -0.15) is 4.98 Å². The lowest BCUT2D eigenvalue weighted by Crippen LogP contribution is -2.21. The summed E-state index contributed by atoms with van der Waals surface area (Å²) in [5.41, 5.74) is 1.64. The van der Waals surface area contributed by atoms with E-state index in [-0.39, 0.29) is 29.9 Å². The first-order valence-electron chi connectivity index (χ1n) is 9.17. The Hall–Kier alpha value is -3.40. The summed E-state index contributed by atoms with van der Waals surface area (Å²) < 4.78 is 27.2. The zero-order chi connectivity index (χ0) is 20.0. The topological polar surface area (TPSA) is 101 Å². The molecule has 1 aliphatic rings. The van der Waals surface area contributed by atoms with Crippen molar-refractivity contribution in [3.63, 3.8) is 0 Å². The van der Waals surface area contributed by atoms with Crippen molar-refractivity contribution in [2.75, 3.05) is 6.61 Å². The van der Waals surface area contributed by atoms with E-state index in [2.05, 4.69) is 20.5 Å². The molecule has 4 heterocycles. The van der Waals surface area contributed by atoms with Crippen LogP contribution < -0.4 is 5.56 Å². The zero-order valence-electron chi connectivity index (χ0n) is 15.5. The number of hydrogen-bond acceptors (Lipinski definition) is 7. The van der Waals surface area contributed by atoms with Gasteiger partial charge in [0, 0.05) is 19.2 Å². The van der Waals surface area contributed by atoms with Gasteiger partial charge in [-0.25, -0.2) is 9.07 Å². The fourth-order valence-electron chi connectivity index (χ4n) is 3.58. The van der Waals surface area contributed by atoms with Gasteiger partial charge in [-0.1, -0.05) is 22.5 Å². The molecule has 4 aromatic rings. The minimum Gasteiger partial charge on any atom is -0.373 e. The van der Waals surface area contributed by atoms with E-state index in [0.717, 1.165) is 5.56 Å². The van der Waals surface area contributed by atoms with E-state index in [1.54, 1.807) is 31.4 Å². The molecule has 0 bridgehead atoms. The summed E-state index contributed by atoms with van der Waals surface area (Å²) in [6, 6.07) is 8.01. The molecule has 1 fully saturated rings. The Bertz CT molecular complexity index is 1230. The largest absolute Gasteiger partial charge is 0.373 e. The molecular weight excluding hydrogens is 379 g/mol. The van der Waals surface area contributed by atoms with Crippen LogP contribution in [0.25, 0.3) is 11.0 Å². The molecule has 0 saturated carbocycles. The summed E-state index contributed by atoms with van der Waals surface area (Å²) in [6.45, 7) is 0.607. The number of fused-ring (bicyclic) bond motifs is 1. The highest BCUT2D eigenvalue weighted by Gasteiger charge is 2.31. The fraction of sp³-hybridized carbons (Fsp3) is 0.316. The molecule has 1 saturated heterocycles. The first-order chi connectivity index (χ1) is 14.1. The van der Waals surface area contributed by atoms with Gasteiger partial charge >= 0.3 is 0 Å². The predicted octanol–water partition coefficient (Wildman–Crippen LogP) is 1.95. The van der Waals surface area contributed by atoms with E-state index in [9.17, 15) is 9.18 Å². The van der Waals surface area contributed by atoms with Crippen LogP contribution in [0.3, 0.4) is 0 Å². The Balaban J connectivity index is 1.32. The van der Waals surface area contributed by atoms with Crippen molar-refractivity contribution in [1.82, 2.24) is 29.7 Å². The Morgan fingerprint density at radius 2 is 2.07 bits per heavy atom. The molecule has 1 aliphatic heterocycles. The van der Waals surface area contributed by atoms with Gasteiger partial charge in [-0.3, -0.25) is 4.79 Å². The van der Waals surface area contributed by atoms with E-state index >= 15 is 0 Å². The molecule has 0 spiro atoms. The molecule has 10 heteroatoms. The normalized spacial score (nSPS) is 19.2. The van der Waals surface area contributed by atoms with Gasteiger partial charge in [0.25, 0.3) is 5.56 Å². The molecule has 2 atom stereocenters. The third-order valence-electron chi connectivity index (χ3n) is 5.12. The van der Waals surface area contributed by atoms with Crippen LogP contribution in [0.5, 0.6) is 0 Å². The number of aryl methyl sites for hydroxylation is 1. The quantitative estimate of drug-likeness (QED) is 0.520. The van der Waals surface area contributed by atoms with Crippen molar-refractivity contribution in [2.45, 2.75) is 25.0 Å². The van der Waals surface area contributed by atoms with Crippen LogP contribution in [0.1, 0.15) is 35.7 Å². The molecular formula is C19H17FN6O3. The average molecular weight is 396 g/mol. The number of benzene rings is 1. The molecule has 2 unspecified atom stereocenters. The Kier molecular flexibility index (Phi) is 4.20. The lowest BCUT2D eigenvalue weighted by atomic mass is 10.00. The standard InChI is InChI=1S/C19H17FN6O3/c1-25-17-14(22-24-25)6-7-26(19(17)27)9-16-21-18(23-29-16)12-8-15(28-10-12)11-2-4-13(20)5-3-11/h2-7,12,15H,8-10H2,1H3. The predicted molar refractivity (Wildman–Crippen MR) is 98.6 cm³/mol. The number of aromatic nitrogens is 6. The lowest BCUT2D eigenvalue weighted by molar-refractivity contribution is 0.110. The van der Waals surface area contributed by atoms with Crippen molar-refractivity contribution in [3.8, 4) is 0 Å². The van der Waals surface area contributed by atoms with Gasteiger partial charge in [-0.05, 0) is 30.2 Å². The first kappa shape index (κ1) is 17.7. The summed E-state index contributed by atoms with van der Waals surface area (Å²) in [6.07, 6.45) is 2.17. The van der Waals surface area contributed by atoms with E-state index in [0.29, 0.717) is 35.8 Å². The smallest absolute Gasteiger partial charge is 0.278 e. The zero-order valence-corrected chi connectivity index (χ0v) is 15.5. The van der Waals surface area contributed by atoms with Gasteiger partial charge < -0.3 is 13.8 Å². The first-order valence-corrected chi connectivity index (χ1v) is 9.17. The molecule has 9 nitrogen and oxygen atoms in total. The second kappa shape index (κ2) is 6.89. The van der Waals surface area contributed by atoms with Gasteiger partial charge in [0.2, 0.25) is 5.89 Å². The molecule has 0 amide bonds. The average Bonchev–Trinajstić information content (AvgIpc) is 3.45. The summed E-state index contributed by atoms with van der Waals surface area (Å²) in [7, 11) is 1.67. The molecule has 1 aromatic carbocycles. The Morgan fingerprint density at radius 1 is 1.24 bits per heavy atom. The van der Waals surface area contributed by atoms with Crippen molar-refractivity contribution in [1.29, 1.82) is 0 Å². The van der Waals surface area contributed by atoms with Crippen LogP contribution >= 0.6 is 0 Å². The molecule has 148 valence electrons. The number of hydrogen-bond donors (Lipinski definition) is 0. The van der Waals surface area contributed by atoms with Crippen LogP contribution in [-0.4, -0.2) is 36.3 Å².